The van der Waals surface area contributed by atoms with Gasteiger partial charge in [-0.25, -0.2) is 0 Å². The molecule has 3 aromatic carbocycles. The Labute approximate surface area is 180 Å². The Hall–Kier alpha value is -2.95. The molecule has 3 aromatic rings. The van der Waals surface area contributed by atoms with Crippen LogP contribution in [0.5, 0.6) is 0 Å². The number of rotatable bonds is 6. The van der Waals surface area contributed by atoms with Crippen molar-refractivity contribution in [1.29, 1.82) is 0 Å². The van der Waals surface area contributed by atoms with Gasteiger partial charge < -0.3 is 10.0 Å². The molecule has 30 heavy (non-hydrogen) atoms. The fourth-order valence-electron chi connectivity index (χ4n) is 3.88. The van der Waals surface area contributed by atoms with E-state index in [9.17, 15) is 14.7 Å². The third kappa shape index (κ3) is 3.76. The third-order valence-corrected chi connectivity index (χ3v) is 5.79. The molecule has 1 amide bonds. The van der Waals surface area contributed by atoms with E-state index < -0.39 is 11.5 Å². The number of aliphatic hydroxyl groups is 1. The van der Waals surface area contributed by atoms with Gasteiger partial charge in [-0.2, -0.15) is 0 Å². The number of Topliss-reactive ketones (excluding diaryl/α,β-unsaturated/α-hetero) is 1. The quantitative estimate of drug-likeness (QED) is 0.589. The molecule has 0 radical (unpaired) electrons. The molecule has 5 heteroatoms. The minimum atomic E-state index is -1.93. The first-order valence-corrected chi connectivity index (χ1v) is 10.2. The predicted molar refractivity (Wildman–Crippen MR) is 118 cm³/mol. The molecule has 0 unspecified atom stereocenters. The highest BCUT2D eigenvalue weighted by Gasteiger charge is 2.50. The van der Waals surface area contributed by atoms with Crippen LogP contribution in [0.15, 0.2) is 72.8 Å². The number of nitrogens with zero attached hydrogens (tertiary/aromatic N) is 1. The van der Waals surface area contributed by atoms with Crippen LogP contribution in [0.3, 0.4) is 0 Å². The molecule has 152 valence electrons. The summed E-state index contributed by atoms with van der Waals surface area (Å²) < 4.78 is 0. The summed E-state index contributed by atoms with van der Waals surface area (Å²) in [5.41, 5.74) is 1.64. The summed E-state index contributed by atoms with van der Waals surface area (Å²) in [6.07, 6.45) is 0.306. The van der Waals surface area contributed by atoms with Crippen molar-refractivity contribution in [2.24, 2.45) is 0 Å². The molecule has 1 aliphatic heterocycles. The summed E-state index contributed by atoms with van der Waals surface area (Å²) in [5.74, 6) is -0.780. The normalized spacial score (nSPS) is 17.8. The van der Waals surface area contributed by atoms with E-state index in [-0.39, 0.29) is 12.2 Å². The van der Waals surface area contributed by atoms with Crippen molar-refractivity contribution < 1.29 is 14.7 Å². The second kappa shape index (κ2) is 8.05. The smallest absolute Gasteiger partial charge is 0.264 e. The molecule has 0 fully saturated rings. The van der Waals surface area contributed by atoms with Crippen LogP contribution in [-0.2, 0) is 16.8 Å². The number of ketones is 1. The van der Waals surface area contributed by atoms with Crippen LogP contribution in [0.2, 0.25) is 5.02 Å². The van der Waals surface area contributed by atoms with Crippen LogP contribution < -0.4 is 4.90 Å². The van der Waals surface area contributed by atoms with E-state index >= 15 is 0 Å². The summed E-state index contributed by atoms with van der Waals surface area (Å²) in [4.78, 5) is 27.8. The SMILES string of the molecule is Cc1ccc(C(=O)C[C@]2(O)C(=O)N(CCc3ccccc3)c3ccc(Cl)cc32)cc1. The molecular weight excluding hydrogens is 398 g/mol. The molecule has 1 heterocycles. The number of hydrogen-bond acceptors (Lipinski definition) is 3. The number of halogens is 1. The molecule has 1 aliphatic rings. The van der Waals surface area contributed by atoms with Crippen LogP contribution in [0.4, 0.5) is 5.69 Å². The molecule has 0 bridgehead atoms. The molecule has 4 nitrogen and oxygen atoms in total. The number of amides is 1. The van der Waals surface area contributed by atoms with Crippen LogP contribution in [0.25, 0.3) is 0 Å². The van der Waals surface area contributed by atoms with Crippen LogP contribution >= 0.6 is 11.6 Å². The van der Waals surface area contributed by atoms with Crippen molar-refractivity contribution in [1.82, 2.24) is 0 Å². The van der Waals surface area contributed by atoms with Gasteiger partial charge in [-0.05, 0) is 37.1 Å². The first kappa shape index (κ1) is 20.3. The Balaban J connectivity index is 1.64. The topological polar surface area (TPSA) is 57.6 Å². The number of benzene rings is 3. The maximum atomic E-state index is 13.3. The Morgan fingerprint density at radius 1 is 1.03 bits per heavy atom. The highest BCUT2D eigenvalue weighted by Crippen LogP contribution is 2.44. The number of hydrogen-bond donors (Lipinski definition) is 1. The summed E-state index contributed by atoms with van der Waals surface area (Å²) in [6, 6.07) is 21.9. The van der Waals surface area contributed by atoms with Crippen molar-refractivity contribution in [2.75, 3.05) is 11.4 Å². The molecule has 1 atom stereocenters. The summed E-state index contributed by atoms with van der Waals surface area (Å²) in [5, 5.41) is 11.8. The number of carbonyl (C=O) groups excluding carboxylic acids is 2. The Bertz CT molecular complexity index is 1100. The van der Waals surface area contributed by atoms with E-state index in [0.29, 0.717) is 34.8 Å². The largest absolute Gasteiger partial charge is 0.375 e. The van der Waals surface area contributed by atoms with Crippen molar-refractivity contribution >= 4 is 29.0 Å². The van der Waals surface area contributed by atoms with Gasteiger partial charge in [-0.3, -0.25) is 9.59 Å². The van der Waals surface area contributed by atoms with E-state index in [4.69, 9.17) is 11.6 Å². The van der Waals surface area contributed by atoms with Gasteiger partial charge >= 0.3 is 0 Å². The van der Waals surface area contributed by atoms with Crippen LogP contribution in [-0.4, -0.2) is 23.3 Å². The van der Waals surface area contributed by atoms with Crippen molar-refractivity contribution in [3.8, 4) is 0 Å². The van der Waals surface area contributed by atoms with E-state index in [2.05, 4.69) is 0 Å². The summed E-state index contributed by atoms with van der Waals surface area (Å²) in [6.45, 7) is 2.34. The fraction of sp³-hybridized carbons (Fsp3) is 0.200. The number of anilines is 1. The zero-order chi connectivity index (χ0) is 21.3. The second-order valence-electron chi connectivity index (χ2n) is 7.68. The van der Waals surface area contributed by atoms with Gasteiger partial charge in [0.1, 0.15) is 0 Å². The van der Waals surface area contributed by atoms with Gasteiger partial charge in [0.15, 0.2) is 11.4 Å². The lowest BCUT2D eigenvalue weighted by molar-refractivity contribution is -0.135. The summed E-state index contributed by atoms with van der Waals surface area (Å²) >= 11 is 6.16. The maximum Gasteiger partial charge on any atom is 0.264 e. The van der Waals surface area contributed by atoms with Crippen LogP contribution in [0, 0.1) is 6.92 Å². The molecule has 0 aliphatic carbocycles. The van der Waals surface area contributed by atoms with Gasteiger partial charge in [-0.1, -0.05) is 71.8 Å². The molecule has 4 rings (SSSR count). The average Bonchev–Trinajstić information content (AvgIpc) is 2.94. The van der Waals surface area contributed by atoms with E-state index in [1.165, 1.54) is 0 Å². The highest BCUT2D eigenvalue weighted by molar-refractivity contribution is 6.31. The Morgan fingerprint density at radius 2 is 1.73 bits per heavy atom. The van der Waals surface area contributed by atoms with Gasteiger partial charge in [0.05, 0.1) is 12.1 Å². The first-order chi connectivity index (χ1) is 14.4. The van der Waals surface area contributed by atoms with E-state index in [1.54, 1.807) is 35.2 Å². The predicted octanol–water partition coefficient (Wildman–Crippen LogP) is 4.70. The van der Waals surface area contributed by atoms with E-state index in [1.807, 2.05) is 49.4 Å². The molecule has 0 saturated heterocycles. The van der Waals surface area contributed by atoms with Crippen molar-refractivity contribution in [2.45, 2.75) is 25.4 Å². The molecule has 0 saturated carbocycles. The first-order valence-electron chi connectivity index (χ1n) is 9.87. The van der Waals surface area contributed by atoms with E-state index in [0.717, 1.165) is 11.1 Å². The van der Waals surface area contributed by atoms with Gasteiger partial charge in [0, 0.05) is 22.7 Å². The zero-order valence-corrected chi connectivity index (χ0v) is 17.4. The lowest BCUT2D eigenvalue weighted by atomic mass is 9.88. The third-order valence-electron chi connectivity index (χ3n) is 5.55. The Morgan fingerprint density at radius 3 is 2.43 bits per heavy atom. The minimum absolute atomic E-state index is 0.290. The molecular formula is C25H22ClNO3. The minimum Gasteiger partial charge on any atom is -0.375 e. The Kier molecular flexibility index (Phi) is 5.46. The van der Waals surface area contributed by atoms with Gasteiger partial charge in [-0.15, -0.1) is 0 Å². The number of fused-ring (bicyclic) bond motifs is 1. The van der Waals surface area contributed by atoms with Crippen molar-refractivity contribution in [3.05, 3.63) is 100 Å². The summed E-state index contributed by atoms with van der Waals surface area (Å²) in [7, 11) is 0. The molecule has 0 aromatic heterocycles. The number of carbonyl (C=O) groups is 2. The molecule has 1 N–H and O–H groups in total. The maximum absolute atomic E-state index is 13.3. The fourth-order valence-corrected chi connectivity index (χ4v) is 4.05. The van der Waals surface area contributed by atoms with Crippen molar-refractivity contribution in [3.63, 3.8) is 0 Å². The second-order valence-corrected chi connectivity index (χ2v) is 8.12. The average molecular weight is 420 g/mol. The number of aryl methyl sites for hydroxylation is 1. The van der Waals surface area contributed by atoms with Crippen LogP contribution in [0.1, 0.15) is 33.5 Å². The lowest BCUT2D eigenvalue weighted by Gasteiger charge is -2.23. The standard InChI is InChI=1S/C25H22ClNO3/c1-17-7-9-19(10-8-17)23(28)16-25(30)21-15-20(26)11-12-22(21)27(24(25)29)14-13-18-5-3-2-4-6-18/h2-12,15,30H,13-14,16H2,1H3/t25-/m1/s1. The van der Waals surface area contributed by atoms with Gasteiger partial charge in [0.25, 0.3) is 5.91 Å². The molecule has 0 spiro atoms. The van der Waals surface area contributed by atoms with Gasteiger partial charge in [0.2, 0.25) is 0 Å². The monoisotopic (exact) mass is 419 g/mol. The lowest BCUT2D eigenvalue weighted by Crippen LogP contribution is -2.42. The zero-order valence-electron chi connectivity index (χ0n) is 16.6. The highest BCUT2D eigenvalue weighted by atomic mass is 35.5.